The normalized spacial score (nSPS) is 17.2. The van der Waals surface area contributed by atoms with Crippen LogP contribution in [0.3, 0.4) is 0 Å². The minimum absolute atomic E-state index is 0. The van der Waals surface area contributed by atoms with Crippen molar-refractivity contribution in [3.63, 3.8) is 0 Å². The van der Waals surface area contributed by atoms with E-state index in [1.807, 2.05) is 25.1 Å². The average molecular weight is 350 g/mol. The molecule has 2 aromatic rings. The lowest BCUT2D eigenvalue weighted by Gasteiger charge is -2.33. The summed E-state index contributed by atoms with van der Waals surface area (Å²) < 4.78 is 1.42. The lowest BCUT2D eigenvalue weighted by molar-refractivity contribution is 0.0649. The first-order valence-corrected chi connectivity index (χ1v) is 7.55. The predicted octanol–water partition coefficient (Wildman–Crippen LogP) is 0.827. The Morgan fingerprint density at radius 2 is 2.00 bits per heavy atom. The highest BCUT2D eigenvalue weighted by molar-refractivity contribution is 5.97. The number of nitrogens with one attached hydrogen (secondary N) is 1. The van der Waals surface area contributed by atoms with Gasteiger partial charge in [0.25, 0.3) is 11.8 Å². The molecule has 0 saturated carbocycles. The Hall–Kier alpha value is -2.38. The number of hydrogen-bond donors (Lipinski definition) is 2. The Labute approximate surface area is 146 Å². The van der Waals surface area contributed by atoms with Crippen LogP contribution in [0.2, 0.25) is 0 Å². The van der Waals surface area contributed by atoms with E-state index >= 15 is 0 Å². The molecule has 1 saturated heterocycles. The monoisotopic (exact) mass is 349 g/mol. The molecule has 0 radical (unpaired) electrons. The zero-order chi connectivity index (χ0) is 16.4. The van der Waals surface area contributed by atoms with Gasteiger partial charge in [-0.1, -0.05) is 18.2 Å². The number of nitrogens with zero attached hydrogens (tertiary/aromatic N) is 3. The van der Waals surface area contributed by atoms with Gasteiger partial charge in [0, 0.05) is 31.7 Å². The van der Waals surface area contributed by atoms with E-state index in [1.54, 1.807) is 17.0 Å². The second-order valence-corrected chi connectivity index (χ2v) is 5.58. The Bertz CT molecular complexity index is 731. The van der Waals surface area contributed by atoms with Crippen LogP contribution in [0.4, 0.5) is 0 Å². The number of rotatable bonds is 3. The van der Waals surface area contributed by atoms with Crippen LogP contribution < -0.4 is 11.1 Å². The van der Waals surface area contributed by atoms with Crippen molar-refractivity contribution < 1.29 is 9.59 Å². The summed E-state index contributed by atoms with van der Waals surface area (Å²) in [5.74, 6) is -0.801. The summed E-state index contributed by atoms with van der Waals surface area (Å²) in [4.78, 5) is 26.2. The molecule has 1 aromatic heterocycles. The maximum Gasteiger partial charge on any atom is 0.274 e. The molecule has 0 aliphatic carbocycles. The zero-order valence-corrected chi connectivity index (χ0v) is 14.1. The maximum absolute atomic E-state index is 12.7. The first-order chi connectivity index (χ1) is 11.1. The summed E-state index contributed by atoms with van der Waals surface area (Å²) >= 11 is 0. The first-order valence-electron chi connectivity index (χ1n) is 7.55. The van der Waals surface area contributed by atoms with Crippen molar-refractivity contribution in [2.45, 2.75) is 13.0 Å². The van der Waals surface area contributed by atoms with E-state index in [-0.39, 0.29) is 35.7 Å². The van der Waals surface area contributed by atoms with Gasteiger partial charge in [-0.25, -0.2) is 4.68 Å². The van der Waals surface area contributed by atoms with E-state index in [2.05, 4.69) is 10.4 Å². The van der Waals surface area contributed by atoms with E-state index in [0.717, 1.165) is 13.1 Å². The molecular weight excluding hydrogens is 330 g/mol. The quantitative estimate of drug-likeness (QED) is 0.858. The highest BCUT2D eigenvalue weighted by atomic mass is 35.5. The molecule has 0 bridgehead atoms. The fraction of sp³-hybridized carbons (Fsp3) is 0.312. The van der Waals surface area contributed by atoms with Crippen molar-refractivity contribution in [3.8, 4) is 5.69 Å². The molecule has 2 heterocycles. The number of piperazine rings is 1. The van der Waals surface area contributed by atoms with Gasteiger partial charge in [0.05, 0.1) is 5.69 Å². The molecule has 7 nitrogen and oxygen atoms in total. The number of halogens is 1. The second kappa shape index (κ2) is 7.46. The Morgan fingerprint density at radius 3 is 2.62 bits per heavy atom. The highest BCUT2D eigenvalue weighted by Crippen LogP contribution is 2.15. The van der Waals surface area contributed by atoms with Gasteiger partial charge < -0.3 is 16.0 Å². The van der Waals surface area contributed by atoms with E-state index in [4.69, 9.17) is 5.73 Å². The van der Waals surface area contributed by atoms with E-state index < -0.39 is 5.91 Å². The molecule has 8 heteroatoms. The van der Waals surface area contributed by atoms with Crippen LogP contribution >= 0.6 is 12.4 Å². The number of hydrogen-bond acceptors (Lipinski definition) is 4. The van der Waals surface area contributed by atoms with Crippen molar-refractivity contribution in [1.82, 2.24) is 20.0 Å². The van der Waals surface area contributed by atoms with Crippen molar-refractivity contribution in [2.24, 2.45) is 5.73 Å². The number of para-hydroxylation sites is 1. The first kappa shape index (κ1) is 18.0. The lowest BCUT2D eigenvalue weighted by Crippen LogP contribution is -2.52. The molecule has 1 unspecified atom stereocenters. The van der Waals surface area contributed by atoms with Crippen LogP contribution in [-0.4, -0.2) is 52.2 Å². The van der Waals surface area contributed by atoms with Gasteiger partial charge in [0.2, 0.25) is 0 Å². The largest absolute Gasteiger partial charge is 0.364 e. The number of benzene rings is 1. The maximum atomic E-state index is 12.7. The SMILES string of the molecule is CC1CNCCN1C(=O)c1cc(C(N)=O)n(-c2ccccc2)n1.Cl. The van der Waals surface area contributed by atoms with Gasteiger partial charge in [0.15, 0.2) is 5.69 Å². The van der Waals surface area contributed by atoms with Crippen LogP contribution in [0.25, 0.3) is 5.69 Å². The molecule has 1 aliphatic rings. The number of aromatic nitrogens is 2. The lowest BCUT2D eigenvalue weighted by atomic mass is 10.2. The van der Waals surface area contributed by atoms with Gasteiger partial charge in [0.1, 0.15) is 5.69 Å². The molecule has 1 atom stereocenters. The third-order valence-electron chi connectivity index (χ3n) is 3.94. The van der Waals surface area contributed by atoms with Gasteiger partial charge in [-0.3, -0.25) is 9.59 Å². The summed E-state index contributed by atoms with van der Waals surface area (Å²) in [5, 5.41) is 7.55. The van der Waals surface area contributed by atoms with Crippen molar-refractivity contribution in [2.75, 3.05) is 19.6 Å². The summed E-state index contributed by atoms with van der Waals surface area (Å²) in [6.45, 7) is 4.09. The molecule has 2 amide bonds. The summed E-state index contributed by atoms with van der Waals surface area (Å²) in [7, 11) is 0. The molecule has 1 aromatic carbocycles. The number of carbonyl (C=O) groups is 2. The van der Waals surface area contributed by atoms with Gasteiger partial charge >= 0.3 is 0 Å². The zero-order valence-electron chi connectivity index (χ0n) is 13.3. The number of carbonyl (C=O) groups excluding carboxylic acids is 2. The van der Waals surface area contributed by atoms with E-state index in [1.165, 1.54) is 10.7 Å². The number of primary amides is 1. The standard InChI is InChI=1S/C16H19N5O2.ClH/c1-11-10-18-7-8-20(11)16(23)13-9-14(15(17)22)21(19-13)12-5-3-2-4-6-12;/h2-6,9,11,18H,7-8,10H2,1H3,(H2,17,22);1H. The molecular formula is C16H20ClN5O2. The van der Waals surface area contributed by atoms with Crippen molar-refractivity contribution in [3.05, 3.63) is 47.8 Å². The summed E-state index contributed by atoms with van der Waals surface area (Å²) in [6.07, 6.45) is 0. The van der Waals surface area contributed by atoms with Gasteiger partial charge in [-0.15, -0.1) is 12.4 Å². The van der Waals surface area contributed by atoms with Crippen LogP contribution in [-0.2, 0) is 0 Å². The molecule has 3 N–H and O–H groups in total. The van der Waals surface area contributed by atoms with E-state index in [9.17, 15) is 9.59 Å². The Morgan fingerprint density at radius 1 is 1.29 bits per heavy atom. The third-order valence-corrected chi connectivity index (χ3v) is 3.94. The highest BCUT2D eigenvalue weighted by Gasteiger charge is 2.27. The molecule has 1 aliphatic heterocycles. The average Bonchev–Trinajstić information content (AvgIpc) is 3.01. The van der Waals surface area contributed by atoms with Crippen LogP contribution in [0.15, 0.2) is 36.4 Å². The second-order valence-electron chi connectivity index (χ2n) is 5.58. The Kier molecular flexibility index (Phi) is 5.58. The molecule has 3 rings (SSSR count). The smallest absolute Gasteiger partial charge is 0.274 e. The Balaban J connectivity index is 0.00000208. The fourth-order valence-corrected chi connectivity index (χ4v) is 2.72. The van der Waals surface area contributed by atoms with Crippen LogP contribution in [0.5, 0.6) is 0 Å². The van der Waals surface area contributed by atoms with E-state index in [0.29, 0.717) is 12.2 Å². The minimum atomic E-state index is -0.617. The predicted molar refractivity (Wildman–Crippen MR) is 92.7 cm³/mol. The van der Waals surface area contributed by atoms with Crippen LogP contribution in [0.1, 0.15) is 27.9 Å². The van der Waals surface area contributed by atoms with Gasteiger partial charge in [-0.2, -0.15) is 5.10 Å². The third kappa shape index (κ3) is 3.42. The molecule has 0 spiro atoms. The molecule has 128 valence electrons. The minimum Gasteiger partial charge on any atom is -0.364 e. The van der Waals surface area contributed by atoms with Crippen LogP contribution in [0, 0.1) is 0 Å². The van der Waals surface area contributed by atoms with Crippen molar-refractivity contribution in [1.29, 1.82) is 0 Å². The molecule has 1 fully saturated rings. The van der Waals surface area contributed by atoms with Gasteiger partial charge in [-0.05, 0) is 19.1 Å². The topological polar surface area (TPSA) is 93.3 Å². The fourth-order valence-electron chi connectivity index (χ4n) is 2.72. The summed E-state index contributed by atoms with van der Waals surface area (Å²) in [5.41, 5.74) is 6.55. The summed E-state index contributed by atoms with van der Waals surface area (Å²) in [6, 6.07) is 10.7. The number of nitrogens with two attached hydrogens (primary N) is 1. The molecule has 24 heavy (non-hydrogen) atoms. The number of amides is 2. The van der Waals surface area contributed by atoms with Crippen molar-refractivity contribution >= 4 is 24.2 Å².